The van der Waals surface area contributed by atoms with Gasteiger partial charge in [-0.2, -0.15) is 0 Å². The Bertz CT molecular complexity index is 413. The number of carbonyl (C=O) groups is 1. The van der Waals surface area contributed by atoms with Crippen molar-refractivity contribution in [3.05, 3.63) is 29.8 Å². The van der Waals surface area contributed by atoms with E-state index in [1.54, 1.807) is 0 Å². The topological polar surface area (TPSA) is 41.1 Å². The molecule has 1 saturated carbocycles. The van der Waals surface area contributed by atoms with Crippen LogP contribution < -0.4 is 10.6 Å². The molecule has 0 radical (unpaired) electrons. The zero-order valence-corrected chi connectivity index (χ0v) is 11.9. The molecule has 2 N–H and O–H groups in total. The molecule has 0 aliphatic heterocycles. The summed E-state index contributed by atoms with van der Waals surface area (Å²) in [6, 6.07) is 8.14. The SMILES string of the molecule is CCCNc1ccc(C(=O)NC2CC2CCC)cc1. The van der Waals surface area contributed by atoms with Gasteiger partial charge in [-0.15, -0.1) is 0 Å². The smallest absolute Gasteiger partial charge is 0.251 e. The summed E-state index contributed by atoms with van der Waals surface area (Å²) in [6.45, 7) is 5.29. The number of rotatable bonds is 7. The van der Waals surface area contributed by atoms with Gasteiger partial charge in [0, 0.05) is 23.8 Å². The van der Waals surface area contributed by atoms with Crippen LogP contribution in [0.3, 0.4) is 0 Å². The lowest BCUT2D eigenvalue weighted by molar-refractivity contribution is 0.0949. The van der Waals surface area contributed by atoms with Crippen LogP contribution in [0.25, 0.3) is 0 Å². The predicted molar refractivity (Wildman–Crippen MR) is 79.5 cm³/mol. The highest BCUT2D eigenvalue weighted by Crippen LogP contribution is 2.34. The van der Waals surface area contributed by atoms with Gasteiger partial charge in [-0.25, -0.2) is 0 Å². The molecule has 1 aliphatic carbocycles. The van der Waals surface area contributed by atoms with Gasteiger partial charge in [0.2, 0.25) is 0 Å². The molecule has 0 saturated heterocycles. The normalized spacial score (nSPS) is 20.9. The van der Waals surface area contributed by atoms with Gasteiger partial charge >= 0.3 is 0 Å². The van der Waals surface area contributed by atoms with Crippen molar-refractivity contribution >= 4 is 11.6 Å². The third-order valence-electron chi connectivity index (χ3n) is 3.62. The number of carbonyl (C=O) groups excluding carboxylic acids is 1. The summed E-state index contributed by atoms with van der Waals surface area (Å²) < 4.78 is 0. The Kier molecular flexibility index (Phi) is 4.83. The number of benzene rings is 1. The lowest BCUT2D eigenvalue weighted by Crippen LogP contribution is -2.26. The molecule has 3 heteroatoms. The van der Waals surface area contributed by atoms with Gasteiger partial charge < -0.3 is 10.6 Å². The van der Waals surface area contributed by atoms with E-state index in [0.717, 1.165) is 30.6 Å². The van der Waals surface area contributed by atoms with Crippen molar-refractivity contribution in [2.24, 2.45) is 5.92 Å². The molecule has 1 fully saturated rings. The monoisotopic (exact) mass is 260 g/mol. The molecule has 104 valence electrons. The first-order valence-corrected chi connectivity index (χ1v) is 7.39. The van der Waals surface area contributed by atoms with E-state index in [-0.39, 0.29) is 5.91 Å². The van der Waals surface area contributed by atoms with Crippen molar-refractivity contribution < 1.29 is 4.79 Å². The number of nitrogens with one attached hydrogen (secondary N) is 2. The van der Waals surface area contributed by atoms with Crippen LogP contribution in [0.15, 0.2) is 24.3 Å². The minimum absolute atomic E-state index is 0.0608. The second-order valence-corrected chi connectivity index (χ2v) is 5.37. The second kappa shape index (κ2) is 6.60. The fourth-order valence-electron chi connectivity index (χ4n) is 2.37. The third kappa shape index (κ3) is 3.98. The maximum atomic E-state index is 12.0. The molecule has 1 aromatic rings. The summed E-state index contributed by atoms with van der Waals surface area (Å²) in [6.07, 6.45) is 4.68. The molecule has 3 nitrogen and oxygen atoms in total. The number of amides is 1. The third-order valence-corrected chi connectivity index (χ3v) is 3.62. The van der Waals surface area contributed by atoms with Crippen LogP contribution in [0.5, 0.6) is 0 Å². The summed E-state index contributed by atoms with van der Waals surface area (Å²) in [5, 5.41) is 6.41. The lowest BCUT2D eigenvalue weighted by Gasteiger charge is -2.07. The van der Waals surface area contributed by atoms with Gasteiger partial charge in [0.25, 0.3) is 5.91 Å². The first-order chi connectivity index (χ1) is 9.24. The number of hydrogen-bond donors (Lipinski definition) is 2. The van der Waals surface area contributed by atoms with Crippen LogP contribution in [0.2, 0.25) is 0 Å². The highest BCUT2D eigenvalue weighted by atomic mass is 16.1. The first-order valence-electron chi connectivity index (χ1n) is 7.39. The van der Waals surface area contributed by atoms with Crippen molar-refractivity contribution in [1.82, 2.24) is 5.32 Å². The number of hydrogen-bond acceptors (Lipinski definition) is 2. The van der Waals surface area contributed by atoms with Gasteiger partial charge in [0.1, 0.15) is 0 Å². The zero-order chi connectivity index (χ0) is 13.7. The quantitative estimate of drug-likeness (QED) is 0.788. The van der Waals surface area contributed by atoms with Gasteiger partial charge in [0.15, 0.2) is 0 Å². The van der Waals surface area contributed by atoms with Gasteiger partial charge in [-0.3, -0.25) is 4.79 Å². The van der Waals surface area contributed by atoms with E-state index in [1.165, 1.54) is 12.8 Å². The summed E-state index contributed by atoms with van der Waals surface area (Å²) in [5.41, 5.74) is 1.83. The van der Waals surface area contributed by atoms with Crippen LogP contribution in [0.4, 0.5) is 5.69 Å². The molecule has 1 aliphatic rings. The Labute approximate surface area is 115 Å². The highest BCUT2D eigenvalue weighted by Gasteiger charge is 2.37. The Balaban J connectivity index is 1.82. The predicted octanol–water partition coefficient (Wildman–Crippen LogP) is 3.43. The fraction of sp³-hybridized carbons (Fsp3) is 0.562. The van der Waals surface area contributed by atoms with E-state index in [2.05, 4.69) is 24.5 Å². The summed E-state index contributed by atoms with van der Waals surface area (Å²) >= 11 is 0. The Morgan fingerprint density at radius 1 is 1.21 bits per heavy atom. The average Bonchev–Trinajstić information content (AvgIpc) is 3.15. The van der Waals surface area contributed by atoms with E-state index < -0.39 is 0 Å². The van der Waals surface area contributed by atoms with Crippen LogP contribution in [-0.2, 0) is 0 Å². The molecule has 2 atom stereocenters. The van der Waals surface area contributed by atoms with Crippen molar-refractivity contribution in [2.45, 2.75) is 45.6 Å². The average molecular weight is 260 g/mol. The molecular weight excluding hydrogens is 236 g/mol. The van der Waals surface area contributed by atoms with E-state index >= 15 is 0 Å². The lowest BCUT2D eigenvalue weighted by atomic mass is 10.2. The minimum atomic E-state index is 0.0608. The molecule has 0 heterocycles. The van der Waals surface area contributed by atoms with Crippen molar-refractivity contribution in [1.29, 1.82) is 0 Å². The first kappa shape index (κ1) is 13.9. The van der Waals surface area contributed by atoms with Gasteiger partial charge in [-0.05, 0) is 49.4 Å². The maximum Gasteiger partial charge on any atom is 0.251 e. The summed E-state index contributed by atoms with van der Waals surface area (Å²) in [7, 11) is 0. The standard InChI is InChI=1S/C16H24N2O/c1-3-5-13-11-15(13)18-16(19)12-6-8-14(9-7-12)17-10-4-2/h6-9,13,15,17H,3-5,10-11H2,1-2H3,(H,18,19). The van der Waals surface area contributed by atoms with Crippen LogP contribution in [0.1, 0.15) is 49.9 Å². The zero-order valence-electron chi connectivity index (χ0n) is 11.9. The van der Waals surface area contributed by atoms with Crippen molar-refractivity contribution in [3.63, 3.8) is 0 Å². The van der Waals surface area contributed by atoms with Gasteiger partial charge in [-0.1, -0.05) is 20.3 Å². The van der Waals surface area contributed by atoms with E-state index in [4.69, 9.17) is 0 Å². The second-order valence-electron chi connectivity index (χ2n) is 5.37. The summed E-state index contributed by atoms with van der Waals surface area (Å²) in [4.78, 5) is 12.0. The van der Waals surface area contributed by atoms with Crippen LogP contribution >= 0.6 is 0 Å². The maximum absolute atomic E-state index is 12.0. The summed E-state index contributed by atoms with van der Waals surface area (Å²) in [5.74, 6) is 0.769. The van der Waals surface area contributed by atoms with E-state index in [0.29, 0.717) is 12.0 Å². The molecular formula is C16H24N2O. The Hall–Kier alpha value is -1.51. The van der Waals surface area contributed by atoms with E-state index in [1.807, 2.05) is 24.3 Å². The Morgan fingerprint density at radius 3 is 2.58 bits per heavy atom. The van der Waals surface area contributed by atoms with Crippen molar-refractivity contribution in [3.8, 4) is 0 Å². The molecule has 19 heavy (non-hydrogen) atoms. The molecule has 1 aromatic carbocycles. The molecule has 1 amide bonds. The molecule has 2 unspecified atom stereocenters. The number of anilines is 1. The molecule has 2 rings (SSSR count). The van der Waals surface area contributed by atoms with Crippen LogP contribution in [0, 0.1) is 5.92 Å². The molecule has 0 aromatic heterocycles. The molecule has 0 bridgehead atoms. The minimum Gasteiger partial charge on any atom is -0.385 e. The fourth-order valence-corrected chi connectivity index (χ4v) is 2.37. The van der Waals surface area contributed by atoms with Crippen LogP contribution in [-0.4, -0.2) is 18.5 Å². The van der Waals surface area contributed by atoms with Crippen molar-refractivity contribution in [2.75, 3.05) is 11.9 Å². The highest BCUT2D eigenvalue weighted by molar-refractivity contribution is 5.94. The van der Waals surface area contributed by atoms with E-state index in [9.17, 15) is 4.79 Å². The Morgan fingerprint density at radius 2 is 1.95 bits per heavy atom. The largest absolute Gasteiger partial charge is 0.385 e. The van der Waals surface area contributed by atoms with Gasteiger partial charge in [0.05, 0.1) is 0 Å². The molecule has 0 spiro atoms.